The van der Waals surface area contributed by atoms with Crippen molar-refractivity contribution in [1.82, 2.24) is 9.47 Å². The summed E-state index contributed by atoms with van der Waals surface area (Å²) in [6.07, 6.45) is 6.35. The van der Waals surface area contributed by atoms with Crippen molar-refractivity contribution in [3.05, 3.63) is 24.0 Å². The first-order valence-electron chi connectivity index (χ1n) is 6.02. The molecule has 88 valence electrons. The quantitative estimate of drug-likeness (QED) is 0.727. The molecule has 1 aromatic heterocycles. The van der Waals surface area contributed by atoms with Gasteiger partial charge in [-0.05, 0) is 31.4 Å². The van der Waals surface area contributed by atoms with Gasteiger partial charge < -0.3 is 4.57 Å². The Morgan fingerprint density at radius 2 is 2.38 bits per heavy atom. The van der Waals surface area contributed by atoms with Crippen molar-refractivity contribution in [2.24, 2.45) is 13.0 Å². The Hall–Kier alpha value is -1.09. The predicted molar refractivity (Wildman–Crippen MR) is 64.6 cm³/mol. The van der Waals surface area contributed by atoms with Gasteiger partial charge in [0, 0.05) is 31.5 Å². The van der Waals surface area contributed by atoms with E-state index in [1.54, 1.807) is 0 Å². The zero-order chi connectivity index (χ0) is 11.5. The number of hydrogen-bond donors (Lipinski definition) is 0. The maximum atomic E-state index is 12.0. The highest BCUT2D eigenvalue weighted by Gasteiger charge is 2.19. The summed E-state index contributed by atoms with van der Waals surface area (Å²) in [6, 6.07) is 1.90. The molecule has 0 amide bonds. The number of Topliss-reactive ketones (excluding diaryl/α,β-unsaturated/α-hetero) is 1. The van der Waals surface area contributed by atoms with E-state index in [0.717, 1.165) is 24.6 Å². The van der Waals surface area contributed by atoms with Crippen LogP contribution in [0.4, 0.5) is 0 Å². The van der Waals surface area contributed by atoms with Crippen LogP contribution in [0.5, 0.6) is 0 Å². The monoisotopic (exact) mass is 220 g/mol. The molecule has 1 aromatic rings. The first kappa shape index (κ1) is 11.4. The normalized spacial score (nSPS) is 22.2. The van der Waals surface area contributed by atoms with Crippen LogP contribution >= 0.6 is 0 Å². The molecule has 1 atom stereocenters. The minimum atomic E-state index is 0.245. The lowest BCUT2D eigenvalue weighted by atomic mass is 10.00. The van der Waals surface area contributed by atoms with Gasteiger partial charge in [-0.1, -0.05) is 6.92 Å². The largest absolute Gasteiger partial charge is 0.357 e. The highest BCUT2D eigenvalue weighted by Crippen LogP contribution is 2.15. The van der Waals surface area contributed by atoms with Crippen LogP contribution in [-0.2, 0) is 7.05 Å². The van der Waals surface area contributed by atoms with Crippen LogP contribution < -0.4 is 0 Å². The summed E-state index contributed by atoms with van der Waals surface area (Å²) in [6.45, 7) is 4.98. The molecule has 0 saturated carbocycles. The van der Waals surface area contributed by atoms with E-state index in [1.807, 2.05) is 30.1 Å². The Bertz CT molecular complexity index is 370. The number of carbonyl (C=O) groups excluding carboxylic acids is 1. The first-order chi connectivity index (χ1) is 7.65. The van der Waals surface area contributed by atoms with Gasteiger partial charge in [0.2, 0.25) is 0 Å². The molecule has 2 heterocycles. The molecule has 0 aliphatic carbocycles. The highest BCUT2D eigenvalue weighted by atomic mass is 16.1. The number of piperidine rings is 1. The Kier molecular flexibility index (Phi) is 3.44. The molecule has 3 heteroatoms. The van der Waals surface area contributed by atoms with Crippen molar-refractivity contribution in [2.45, 2.75) is 19.8 Å². The van der Waals surface area contributed by atoms with Crippen LogP contribution in [0.1, 0.15) is 30.1 Å². The number of rotatable bonds is 3. The molecular weight excluding hydrogens is 200 g/mol. The Morgan fingerprint density at radius 1 is 1.56 bits per heavy atom. The second-order valence-electron chi connectivity index (χ2n) is 4.97. The van der Waals surface area contributed by atoms with Crippen molar-refractivity contribution < 1.29 is 4.79 Å². The molecule has 0 spiro atoms. The van der Waals surface area contributed by atoms with Gasteiger partial charge in [-0.3, -0.25) is 9.69 Å². The molecule has 3 nitrogen and oxygen atoms in total. The fraction of sp³-hybridized carbons (Fsp3) is 0.615. The summed E-state index contributed by atoms with van der Waals surface area (Å²) in [5.41, 5.74) is 0.834. The van der Waals surface area contributed by atoms with E-state index in [2.05, 4.69) is 11.8 Å². The van der Waals surface area contributed by atoms with Crippen LogP contribution in [-0.4, -0.2) is 34.9 Å². The average Bonchev–Trinajstić information content (AvgIpc) is 2.65. The van der Waals surface area contributed by atoms with E-state index in [9.17, 15) is 4.79 Å². The minimum Gasteiger partial charge on any atom is -0.357 e. The Balaban J connectivity index is 1.92. The third-order valence-corrected chi connectivity index (χ3v) is 3.26. The van der Waals surface area contributed by atoms with Gasteiger partial charge in [-0.2, -0.15) is 0 Å². The van der Waals surface area contributed by atoms with Gasteiger partial charge in [0.15, 0.2) is 5.78 Å². The predicted octanol–water partition coefficient (Wildman–Crippen LogP) is 1.94. The van der Waals surface area contributed by atoms with Crippen molar-refractivity contribution in [3.63, 3.8) is 0 Å². The van der Waals surface area contributed by atoms with Crippen LogP contribution in [0.3, 0.4) is 0 Å². The van der Waals surface area contributed by atoms with Crippen molar-refractivity contribution in [3.8, 4) is 0 Å². The Morgan fingerprint density at radius 3 is 3.00 bits per heavy atom. The number of nitrogens with zero attached hydrogens (tertiary/aromatic N) is 2. The van der Waals surface area contributed by atoms with E-state index in [4.69, 9.17) is 0 Å². The van der Waals surface area contributed by atoms with E-state index in [-0.39, 0.29) is 5.78 Å². The zero-order valence-corrected chi connectivity index (χ0v) is 10.1. The molecule has 2 rings (SSSR count). The van der Waals surface area contributed by atoms with Crippen LogP contribution in [0.2, 0.25) is 0 Å². The fourth-order valence-electron chi connectivity index (χ4n) is 2.39. The lowest BCUT2D eigenvalue weighted by Crippen LogP contribution is -2.37. The lowest BCUT2D eigenvalue weighted by molar-refractivity contribution is 0.0893. The SMILES string of the molecule is CC1CCCN(CC(=O)c2ccn(C)c2)C1. The summed E-state index contributed by atoms with van der Waals surface area (Å²) >= 11 is 0. The van der Waals surface area contributed by atoms with Gasteiger partial charge >= 0.3 is 0 Å². The van der Waals surface area contributed by atoms with Gasteiger partial charge in [-0.25, -0.2) is 0 Å². The second-order valence-corrected chi connectivity index (χ2v) is 4.97. The molecule has 1 unspecified atom stereocenters. The molecular formula is C13H20N2O. The summed E-state index contributed by atoms with van der Waals surface area (Å²) in [4.78, 5) is 14.3. The van der Waals surface area contributed by atoms with E-state index in [0.29, 0.717) is 6.54 Å². The molecule has 1 fully saturated rings. The third kappa shape index (κ3) is 2.73. The number of ketones is 1. The van der Waals surface area contributed by atoms with Crippen molar-refractivity contribution in [2.75, 3.05) is 19.6 Å². The maximum Gasteiger partial charge on any atom is 0.178 e. The number of aryl methyl sites for hydroxylation is 1. The molecule has 0 N–H and O–H groups in total. The van der Waals surface area contributed by atoms with Crippen molar-refractivity contribution >= 4 is 5.78 Å². The number of likely N-dealkylation sites (tertiary alicyclic amines) is 1. The molecule has 0 bridgehead atoms. The van der Waals surface area contributed by atoms with Gasteiger partial charge in [0.05, 0.1) is 6.54 Å². The van der Waals surface area contributed by atoms with Crippen LogP contribution in [0.15, 0.2) is 18.5 Å². The second kappa shape index (κ2) is 4.83. The summed E-state index contributed by atoms with van der Waals surface area (Å²) in [5.74, 6) is 0.979. The van der Waals surface area contributed by atoms with Gasteiger partial charge in [0.25, 0.3) is 0 Å². The van der Waals surface area contributed by atoms with E-state index in [1.165, 1.54) is 12.8 Å². The topological polar surface area (TPSA) is 25.2 Å². The van der Waals surface area contributed by atoms with Gasteiger partial charge in [-0.15, -0.1) is 0 Å². The molecule has 1 aliphatic heterocycles. The lowest BCUT2D eigenvalue weighted by Gasteiger charge is -2.30. The summed E-state index contributed by atoms with van der Waals surface area (Å²) in [5, 5.41) is 0. The zero-order valence-electron chi connectivity index (χ0n) is 10.1. The Labute approximate surface area is 97.1 Å². The minimum absolute atomic E-state index is 0.245. The summed E-state index contributed by atoms with van der Waals surface area (Å²) in [7, 11) is 1.94. The molecule has 0 aromatic carbocycles. The number of aromatic nitrogens is 1. The number of carbonyl (C=O) groups is 1. The third-order valence-electron chi connectivity index (χ3n) is 3.26. The van der Waals surface area contributed by atoms with E-state index >= 15 is 0 Å². The highest BCUT2D eigenvalue weighted by molar-refractivity contribution is 5.97. The molecule has 1 aliphatic rings. The summed E-state index contributed by atoms with van der Waals surface area (Å²) < 4.78 is 1.92. The standard InChI is InChI=1S/C13H20N2O/c1-11-4-3-6-15(8-11)10-13(16)12-5-7-14(2)9-12/h5,7,9,11H,3-4,6,8,10H2,1-2H3. The number of hydrogen-bond acceptors (Lipinski definition) is 2. The van der Waals surface area contributed by atoms with Crippen LogP contribution in [0.25, 0.3) is 0 Å². The van der Waals surface area contributed by atoms with Crippen LogP contribution in [0, 0.1) is 5.92 Å². The smallest absolute Gasteiger partial charge is 0.178 e. The van der Waals surface area contributed by atoms with Gasteiger partial charge in [0.1, 0.15) is 0 Å². The fourth-order valence-corrected chi connectivity index (χ4v) is 2.39. The van der Waals surface area contributed by atoms with E-state index < -0.39 is 0 Å². The average molecular weight is 220 g/mol. The first-order valence-corrected chi connectivity index (χ1v) is 6.02. The van der Waals surface area contributed by atoms with Crippen molar-refractivity contribution in [1.29, 1.82) is 0 Å². The molecule has 1 saturated heterocycles. The molecule has 0 radical (unpaired) electrons. The maximum absolute atomic E-state index is 12.0. The molecule has 16 heavy (non-hydrogen) atoms.